The number of aromatic nitrogens is 1. The molecule has 0 fully saturated rings. The number of amides is 1. The summed E-state index contributed by atoms with van der Waals surface area (Å²) in [6.45, 7) is 1.73. The summed E-state index contributed by atoms with van der Waals surface area (Å²) in [7, 11) is 1.48. The Bertz CT molecular complexity index is 394. The highest BCUT2D eigenvalue weighted by Crippen LogP contribution is 2.21. The van der Waals surface area contributed by atoms with Crippen molar-refractivity contribution in [1.29, 1.82) is 0 Å². The standard InChI is InChI=1S/C10H14N2O4/c1-5-3-6(4-12-10(5)16-2)7(13)8(14)9(11)15/h3-4,7-8,13-14H,1-2H3,(H2,11,15). The van der Waals surface area contributed by atoms with Gasteiger partial charge in [-0.3, -0.25) is 4.79 Å². The van der Waals surface area contributed by atoms with Gasteiger partial charge in [0.15, 0.2) is 6.10 Å². The molecule has 0 aliphatic rings. The molecule has 0 bridgehead atoms. The number of ether oxygens (including phenoxy) is 1. The van der Waals surface area contributed by atoms with Crippen molar-refractivity contribution in [3.63, 3.8) is 0 Å². The van der Waals surface area contributed by atoms with Crippen LogP contribution in [0.4, 0.5) is 0 Å². The Morgan fingerprint density at radius 3 is 2.62 bits per heavy atom. The fourth-order valence-electron chi connectivity index (χ4n) is 1.30. The molecule has 1 aromatic heterocycles. The number of rotatable bonds is 4. The van der Waals surface area contributed by atoms with Gasteiger partial charge in [0.2, 0.25) is 11.8 Å². The van der Waals surface area contributed by atoms with E-state index in [9.17, 15) is 15.0 Å². The molecule has 0 aliphatic carbocycles. The summed E-state index contributed by atoms with van der Waals surface area (Å²) < 4.78 is 4.94. The second-order valence-electron chi connectivity index (χ2n) is 3.39. The molecule has 1 aromatic rings. The summed E-state index contributed by atoms with van der Waals surface area (Å²) in [4.78, 5) is 14.6. The first-order valence-corrected chi connectivity index (χ1v) is 4.63. The number of methoxy groups -OCH3 is 1. The fourth-order valence-corrected chi connectivity index (χ4v) is 1.30. The van der Waals surface area contributed by atoms with Gasteiger partial charge >= 0.3 is 0 Å². The van der Waals surface area contributed by atoms with Crippen molar-refractivity contribution in [2.45, 2.75) is 19.1 Å². The van der Waals surface area contributed by atoms with Crippen LogP contribution in [-0.2, 0) is 4.79 Å². The lowest BCUT2D eigenvalue weighted by Crippen LogP contribution is -2.33. The number of primary amides is 1. The van der Waals surface area contributed by atoms with Gasteiger partial charge in [-0.05, 0) is 13.0 Å². The summed E-state index contributed by atoms with van der Waals surface area (Å²) in [5.74, 6) is -0.564. The van der Waals surface area contributed by atoms with Crippen molar-refractivity contribution >= 4 is 5.91 Å². The molecule has 1 heterocycles. The van der Waals surface area contributed by atoms with Gasteiger partial charge in [0.05, 0.1) is 7.11 Å². The van der Waals surface area contributed by atoms with Crippen LogP contribution < -0.4 is 10.5 Å². The Kier molecular flexibility index (Phi) is 3.81. The molecule has 16 heavy (non-hydrogen) atoms. The number of hydrogen-bond donors (Lipinski definition) is 3. The molecule has 2 atom stereocenters. The maximum Gasteiger partial charge on any atom is 0.249 e. The largest absolute Gasteiger partial charge is 0.481 e. The minimum absolute atomic E-state index is 0.310. The Balaban J connectivity index is 2.97. The molecule has 0 aromatic carbocycles. The van der Waals surface area contributed by atoms with E-state index in [2.05, 4.69) is 4.98 Å². The van der Waals surface area contributed by atoms with Gasteiger partial charge < -0.3 is 20.7 Å². The van der Waals surface area contributed by atoms with E-state index in [4.69, 9.17) is 10.5 Å². The van der Waals surface area contributed by atoms with E-state index in [0.717, 1.165) is 0 Å². The number of aliphatic hydroxyl groups is 2. The van der Waals surface area contributed by atoms with E-state index < -0.39 is 18.1 Å². The van der Waals surface area contributed by atoms with Crippen molar-refractivity contribution in [1.82, 2.24) is 4.98 Å². The van der Waals surface area contributed by atoms with Crippen LogP contribution in [0.15, 0.2) is 12.3 Å². The highest BCUT2D eigenvalue weighted by Gasteiger charge is 2.24. The molecule has 6 heteroatoms. The Morgan fingerprint density at radius 1 is 1.56 bits per heavy atom. The van der Waals surface area contributed by atoms with E-state index in [0.29, 0.717) is 17.0 Å². The van der Waals surface area contributed by atoms with Gasteiger partial charge in [-0.1, -0.05) is 0 Å². The molecule has 0 saturated heterocycles. The van der Waals surface area contributed by atoms with Crippen LogP contribution >= 0.6 is 0 Å². The van der Waals surface area contributed by atoms with Crippen LogP contribution in [0.1, 0.15) is 17.2 Å². The smallest absolute Gasteiger partial charge is 0.249 e. The Morgan fingerprint density at radius 2 is 2.19 bits per heavy atom. The van der Waals surface area contributed by atoms with Crippen molar-refractivity contribution in [3.8, 4) is 5.88 Å². The second-order valence-corrected chi connectivity index (χ2v) is 3.39. The zero-order chi connectivity index (χ0) is 12.3. The second kappa shape index (κ2) is 4.91. The highest BCUT2D eigenvalue weighted by molar-refractivity contribution is 5.79. The minimum atomic E-state index is -1.64. The maximum atomic E-state index is 10.7. The number of nitrogens with zero attached hydrogens (tertiary/aromatic N) is 1. The van der Waals surface area contributed by atoms with Crippen molar-refractivity contribution in [2.24, 2.45) is 5.73 Å². The van der Waals surface area contributed by atoms with Crippen LogP contribution in [-0.4, -0.2) is 34.3 Å². The van der Waals surface area contributed by atoms with E-state index in [-0.39, 0.29) is 0 Å². The van der Waals surface area contributed by atoms with Crippen molar-refractivity contribution < 1.29 is 19.7 Å². The molecule has 0 saturated carbocycles. The lowest BCUT2D eigenvalue weighted by molar-refractivity contribution is -0.131. The number of nitrogens with two attached hydrogens (primary N) is 1. The highest BCUT2D eigenvalue weighted by atomic mass is 16.5. The quantitative estimate of drug-likeness (QED) is 0.628. The van der Waals surface area contributed by atoms with E-state index in [1.165, 1.54) is 13.3 Å². The molecule has 2 unspecified atom stereocenters. The van der Waals surface area contributed by atoms with Crippen LogP contribution in [0.3, 0.4) is 0 Å². The predicted molar refractivity (Wildman–Crippen MR) is 55.7 cm³/mol. The van der Waals surface area contributed by atoms with Gasteiger partial charge in [0.1, 0.15) is 6.10 Å². The third kappa shape index (κ3) is 2.47. The summed E-state index contributed by atoms with van der Waals surface area (Å²) in [6, 6.07) is 1.57. The van der Waals surface area contributed by atoms with E-state index >= 15 is 0 Å². The number of carbonyl (C=O) groups excluding carboxylic acids is 1. The average molecular weight is 226 g/mol. The number of pyridine rings is 1. The Hall–Kier alpha value is -1.66. The molecule has 0 spiro atoms. The molecule has 1 amide bonds. The summed E-state index contributed by atoms with van der Waals surface area (Å²) >= 11 is 0. The summed E-state index contributed by atoms with van der Waals surface area (Å²) in [5.41, 5.74) is 5.87. The van der Waals surface area contributed by atoms with Crippen LogP contribution in [0, 0.1) is 6.92 Å². The first-order chi connectivity index (χ1) is 7.47. The Labute approximate surface area is 92.7 Å². The lowest BCUT2D eigenvalue weighted by Gasteiger charge is -2.15. The lowest BCUT2D eigenvalue weighted by atomic mass is 10.0. The summed E-state index contributed by atoms with van der Waals surface area (Å²) in [6.07, 6.45) is -1.70. The normalized spacial score (nSPS) is 14.2. The average Bonchev–Trinajstić information content (AvgIpc) is 2.26. The van der Waals surface area contributed by atoms with Crippen molar-refractivity contribution in [3.05, 3.63) is 23.4 Å². The van der Waals surface area contributed by atoms with Crippen LogP contribution in [0.25, 0.3) is 0 Å². The topological polar surface area (TPSA) is 106 Å². The van der Waals surface area contributed by atoms with Gasteiger partial charge in [0, 0.05) is 17.3 Å². The SMILES string of the molecule is COc1ncc(C(O)C(O)C(N)=O)cc1C. The van der Waals surface area contributed by atoms with Gasteiger partial charge in [-0.25, -0.2) is 4.98 Å². The molecule has 1 rings (SSSR count). The van der Waals surface area contributed by atoms with Gasteiger partial charge in [-0.2, -0.15) is 0 Å². The van der Waals surface area contributed by atoms with E-state index in [1.54, 1.807) is 13.0 Å². The zero-order valence-electron chi connectivity index (χ0n) is 9.04. The number of aryl methyl sites for hydroxylation is 1. The number of aliphatic hydroxyl groups excluding tert-OH is 2. The molecule has 4 N–H and O–H groups in total. The third-order valence-electron chi connectivity index (χ3n) is 2.18. The first-order valence-electron chi connectivity index (χ1n) is 4.63. The zero-order valence-corrected chi connectivity index (χ0v) is 9.04. The molecular weight excluding hydrogens is 212 g/mol. The van der Waals surface area contributed by atoms with Crippen LogP contribution in [0.2, 0.25) is 0 Å². The molecular formula is C10H14N2O4. The number of hydrogen-bond acceptors (Lipinski definition) is 5. The molecule has 6 nitrogen and oxygen atoms in total. The molecule has 0 aliphatic heterocycles. The molecule has 0 radical (unpaired) electrons. The van der Waals surface area contributed by atoms with Crippen LogP contribution in [0.5, 0.6) is 5.88 Å². The van der Waals surface area contributed by atoms with Gasteiger partial charge in [-0.15, -0.1) is 0 Å². The third-order valence-corrected chi connectivity index (χ3v) is 2.18. The molecule has 88 valence electrons. The maximum absolute atomic E-state index is 10.7. The summed E-state index contributed by atoms with van der Waals surface area (Å²) in [5, 5.41) is 18.9. The van der Waals surface area contributed by atoms with Crippen molar-refractivity contribution in [2.75, 3.05) is 7.11 Å². The van der Waals surface area contributed by atoms with E-state index in [1.807, 2.05) is 0 Å². The monoisotopic (exact) mass is 226 g/mol. The number of carbonyl (C=O) groups is 1. The minimum Gasteiger partial charge on any atom is -0.481 e. The first kappa shape index (κ1) is 12.4. The predicted octanol–water partition coefficient (Wildman–Crippen LogP) is -0.722. The van der Waals surface area contributed by atoms with Gasteiger partial charge in [0.25, 0.3) is 0 Å². The fraction of sp³-hybridized carbons (Fsp3) is 0.400.